The van der Waals surface area contributed by atoms with Crippen LogP contribution in [0.4, 0.5) is 17.5 Å². The topological polar surface area (TPSA) is 84.9 Å². The Labute approximate surface area is 159 Å². The molecule has 1 N–H and O–H groups in total. The summed E-state index contributed by atoms with van der Waals surface area (Å²) in [5.41, 5.74) is 0.722. The fraction of sp³-hybridized carbons (Fsp3) is 0.500. The molecular formula is C18H26N6O3. The Hall–Kier alpha value is -2.81. The second kappa shape index (κ2) is 8.72. The first-order valence-corrected chi connectivity index (χ1v) is 8.92. The molecule has 9 heteroatoms. The standard InChI is InChI=1S/C18H26N6O3/c1-5-23-6-8-24(9-7-23)16-12-19-22-18(21-16)20-13-10-14(25-2)17(27-4)15(11-13)26-3/h10-12H,5-9H2,1-4H3,(H,20,21,22). The number of nitrogens with one attached hydrogen (secondary N) is 1. The summed E-state index contributed by atoms with van der Waals surface area (Å²) in [4.78, 5) is 9.25. The molecule has 2 aromatic rings. The van der Waals surface area contributed by atoms with Crippen LogP contribution in [0.5, 0.6) is 17.2 Å². The first-order chi connectivity index (χ1) is 13.2. The van der Waals surface area contributed by atoms with Gasteiger partial charge in [0.2, 0.25) is 11.7 Å². The Morgan fingerprint density at radius 2 is 1.67 bits per heavy atom. The van der Waals surface area contributed by atoms with E-state index in [1.807, 2.05) is 0 Å². The Morgan fingerprint density at radius 1 is 1.00 bits per heavy atom. The molecule has 1 saturated heterocycles. The summed E-state index contributed by atoms with van der Waals surface area (Å²) in [6.07, 6.45) is 1.70. The molecule has 0 unspecified atom stereocenters. The monoisotopic (exact) mass is 374 g/mol. The molecular weight excluding hydrogens is 348 g/mol. The molecule has 1 aliphatic heterocycles. The number of ether oxygens (including phenoxy) is 3. The van der Waals surface area contributed by atoms with E-state index in [1.54, 1.807) is 39.7 Å². The second-order valence-corrected chi connectivity index (χ2v) is 6.10. The summed E-state index contributed by atoms with van der Waals surface area (Å²) >= 11 is 0. The van der Waals surface area contributed by atoms with E-state index in [4.69, 9.17) is 14.2 Å². The SMILES string of the molecule is CCN1CCN(c2cnnc(Nc3cc(OC)c(OC)c(OC)c3)n2)CC1. The van der Waals surface area contributed by atoms with Gasteiger partial charge in [0.1, 0.15) is 0 Å². The van der Waals surface area contributed by atoms with Crippen molar-refractivity contribution < 1.29 is 14.2 Å². The normalized spacial score (nSPS) is 14.7. The first kappa shape index (κ1) is 19.0. The van der Waals surface area contributed by atoms with Crippen LogP contribution in [0.1, 0.15) is 6.92 Å². The third-order valence-corrected chi connectivity index (χ3v) is 4.61. The van der Waals surface area contributed by atoms with Gasteiger partial charge in [-0.05, 0) is 6.54 Å². The van der Waals surface area contributed by atoms with Gasteiger partial charge in [-0.15, -0.1) is 5.10 Å². The molecule has 27 heavy (non-hydrogen) atoms. The zero-order valence-corrected chi connectivity index (χ0v) is 16.2. The largest absolute Gasteiger partial charge is 0.493 e. The summed E-state index contributed by atoms with van der Waals surface area (Å²) in [6, 6.07) is 3.61. The van der Waals surface area contributed by atoms with Crippen LogP contribution >= 0.6 is 0 Å². The fourth-order valence-corrected chi connectivity index (χ4v) is 3.08. The molecule has 1 aromatic heterocycles. The van der Waals surface area contributed by atoms with Crippen molar-refractivity contribution in [1.29, 1.82) is 0 Å². The molecule has 0 atom stereocenters. The lowest BCUT2D eigenvalue weighted by Gasteiger charge is -2.34. The minimum atomic E-state index is 0.416. The lowest BCUT2D eigenvalue weighted by Crippen LogP contribution is -2.46. The number of hydrogen-bond donors (Lipinski definition) is 1. The van der Waals surface area contributed by atoms with E-state index in [-0.39, 0.29) is 0 Å². The van der Waals surface area contributed by atoms with Crippen LogP contribution in [0.2, 0.25) is 0 Å². The number of hydrogen-bond acceptors (Lipinski definition) is 9. The minimum Gasteiger partial charge on any atom is -0.493 e. The van der Waals surface area contributed by atoms with E-state index in [2.05, 4.69) is 37.2 Å². The molecule has 0 bridgehead atoms. The highest BCUT2D eigenvalue weighted by molar-refractivity contribution is 5.65. The predicted molar refractivity (Wildman–Crippen MR) is 104 cm³/mol. The van der Waals surface area contributed by atoms with Crippen molar-refractivity contribution in [3.63, 3.8) is 0 Å². The number of rotatable bonds is 7. The van der Waals surface area contributed by atoms with Crippen LogP contribution in [-0.4, -0.2) is 74.1 Å². The third-order valence-electron chi connectivity index (χ3n) is 4.61. The van der Waals surface area contributed by atoms with Gasteiger partial charge in [0.05, 0.1) is 27.5 Å². The molecule has 1 aliphatic rings. The Morgan fingerprint density at radius 3 is 2.22 bits per heavy atom. The highest BCUT2D eigenvalue weighted by Crippen LogP contribution is 2.40. The van der Waals surface area contributed by atoms with Crippen molar-refractivity contribution in [3.05, 3.63) is 18.3 Å². The Bertz CT molecular complexity index is 740. The molecule has 2 heterocycles. The van der Waals surface area contributed by atoms with Gasteiger partial charge < -0.3 is 29.3 Å². The van der Waals surface area contributed by atoms with Crippen LogP contribution in [0.25, 0.3) is 0 Å². The summed E-state index contributed by atoms with van der Waals surface area (Å²) in [7, 11) is 4.73. The predicted octanol–water partition coefficient (Wildman–Crippen LogP) is 1.78. The Kier molecular flexibility index (Phi) is 6.12. The smallest absolute Gasteiger partial charge is 0.249 e. The van der Waals surface area contributed by atoms with Crippen LogP contribution in [0, 0.1) is 0 Å². The van der Waals surface area contributed by atoms with Crippen LogP contribution in [0.15, 0.2) is 18.3 Å². The molecule has 146 valence electrons. The van der Waals surface area contributed by atoms with E-state index in [1.165, 1.54) is 0 Å². The molecule has 0 amide bonds. The fourth-order valence-electron chi connectivity index (χ4n) is 3.08. The van der Waals surface area contributed by atoms with Crippen LogP contribution in [0.3, 0.4) is 0 Å². The molecule has 9 nitrogen and oxygen atoms in total. The average molecular weight is 374 g/mol. The number of piperazine rings is 1. The second-order valence-electron chi connectivity index (χ2n) is 6.10. The van der Waals surface area contributed by atoms with Crippen molar-refractivity contribution >= 4 is 17.5 Å². The maximum absolute atomic E-state index is 5.38. The van der Waals surface area contributed by atoms with Gasteiger partial charge >= 0.3 is 0 Å². The maximum atomic E-state index is 5.38. The lowest BCUT2D eigenvalue weighted by atomic mass is 10.2. The lowest BCUT2D eigenvalue weighted by molar-refractivity contribution is 0.270. The van der Waals surface area contributed by atoms with Crippen molar-refractivity contribution in [2.75, 3.05) is 64.3 Å². The van der Waals surface area contributed by atoms with E-state index >= 15 is 0 Å². The van der Waals surface area contributed by atoms with E-state index in [0.29, 0.717) is 23.2 Å². The summed E-state index contributed by atoms with van der Waals surface area (Å²) < 4.78 is 16.1. The van der Waals surface area contributed by atoms with Gasteiger partial charge in [0, 0.05) is 44.0 Å². The number of aromatic nitrogens is 3. The van der Waals surface area contributed by atoms with Gasteiger partial charge in [-0.25, -0.2) is 0 Å². The number of methoxy groups -OCH3 is 3. The molecule has 0 radical (unpaired) electrons. The third kappa shape index (κ3) is 4.30. The van der Waals surface area contributed by atoms with E-state index < -0.39 is 0 Å². The number of benzene rings is 1. The van der Waals surface area contributed by atoms with Crippen LogP contribution in [-0.2, 0) is 0 Å². The summed E-state index contributed by atoms with van der Waals surface area (Å²) in [5, 5.41) is 11.4. The van der Waals surface area contributed by atoms with Gasteiger partial charge in [0.25, 0.3) is 0 Å². The minimum absolute atomic E-state index is 0.416. The summed E-state index contributed by atoms with van der Waals surface area (Å²) in [6.45, 7) is 7.16. The van der Waals surface area contributed by atoms with Crippen molar-refractivity contribution in [3.8, 4) is 17.2 Å². The quantitative estimate of drug-likeness (QED) is 0.779. The molecule has 0 aliphatic carbocycles. The molecule has 3 rings (SSSR count). The zero-order chi connectivity index (χ0) is 19.2. The number of nitrogens with zero attached hydrogens (tertiary/aromatic N) is 5. The highest BCUT2D eigenvalue weighted by Gasteiger charge is 2.18. The maximum Gasteiger partial charge on any atom is 0.249 e. The molecule has 1 aromatic carbocycles. The van der Waals surface area contributed by atoms with E-state index in [0.717, 1.165) is 44.2 Å². The molecule has 0 saturated carbocycles. The summed E-state index contributed by atoms with van der Waals surface area (Å²) in [5.74, 6) is 2.88. The highest BCUT2D eigenvalue weighted by atomic mass is 16.5. The number of anilines is 3. The van der Waals surface area contributed by atoms with Gasteiger partial charge in [-0.2, -0.15) is 10.1 Å². The van der Waals surface area contributed by atoms with Crippen LogP contribution < -0.4 is 24.4 Å². The molecule has 0 spiro atoms. The zero-order valence-electron chi connectivity index (χ0n) is 16.2. The van der Waals surface area contributed by atoms with Crippen molar-refractivity contribution in [2.45, 2.75) is 6.92 Å². The molecule has 1 fully saturated rings. The first-order valence-electron chi connectivity index (χ1n) is 8.92. The van der Waals surface area contributed by atoms with Gasteiger partial charge in [0.15, 0.2) is 17.3 Å². The Balaban J connectivity index is 1.78. The van der Waals surface area contributed by atoms with Crippen molar-refractivity contribution in [2.24, 2.45) is 0 Å². The van der Waals surface area contributed by atoms with Gasteiger partial charge in [-0.3, -0.25) is 0 Å². The van der Waals surface area contributed by atoms with E-state index in [9.17, 15) is 0 Å². The average Bonchev–Trinajstić information content (AvgIpc) is 2.73. The van der Waals surface area contributed by atoms with Gasteiger partial charge in [-0.1, -0.05) is 6.92 Å². The number of likely N-dealkylation sites (N-methyl/N-ethyl adjacent to an activating group) is 1. The van der Waals surface area contributed by atoms with Crippen molar-refractivity contribution in [1.82, 2.24) is 20.1 Å².